The zero-order chi connectivity index (χ0) is 12.7. The van der Waals surface area contributed by atoms with E-state index in [1.165, 1.54) is 5.56 Å². The number of nitrogens with zero attached hydrogens (tertiary/aromatic N) is 2. The summed E-state index contributed by atoms with van der Waals surface area (Å²) in [6.45, 7) is 2.72. The molecule has 0 saturated carbocycles. The second-order valence-electron chi connectivity index (χ2n) is 5.07. The first kappa shape index (κ1) is 11.0. The highest BCUT2D eigenvalue weighted by Gasteiger charge is 2.23. The van der Waals surface area contributed by atoms with Gasteiger partial charge in [0.1, 0.15) is 5.75 Å². The van der Waals surface area contributed by atoms with Gasteiger partial charge in [-0.25, -0.2) is 0 Å². The Labute approximate surface area is 111 Å². The highest BCUT2D eigenvalue weighted by molar-refractivity contribution is 5.59. The number of nitrogens with one attached hydrogen (secondary N) is 1. The monoisotopic (exact) mass is 257 g/mol. The molecule has 0 radical (unpaired) electrons. The number of benzene rings is 1. The van der Waals surface area contributed by atoms with E-state index in [0.717, 1.165) is 49.7 Å². The molecular weight excluding hydrogens is 242 g/mol. The molecule has 2 aromatic rings. The van der Waals surface area contributed by atoms with Crippen LogP contribution in [0.1, 0.15) is 23.8 Å². The van der Waals surface area contributed by atoms with Gasteiger partial charge in [0.2, 0.25) is 11.7 Å². The van der Waals surface area contributed by atoms with E-state index in [4.69, 9.17) is 9.26 Å². The predicted molar refractivity (Wildman–Crippen MR) is 69.2 cm³/mol. The Bertz CT molecular complexity index is 602. The summed E-state index contributed by atoms with van der Waals surface area (Å²) in [5.41, 5.74) is 2.23. The molecule has 0 unspecified atom stereocenters. The molecule has 19 heavy (non-hydrogen) atoms. The first-order chi connectivity index (χ1) is 9.40. The molecule has 0 bridgehead atoms. The van der Waals surface area contributed by atoms with Crippen LogP contribution in [0.15, 0.2) is 22.7 Å². The van der Waals surface area contributed by atoms with Gasteiger partial charge in [0, 0.05) is 18.5 Å². The van der Waals surface area contributed by atoms with Gasteiger partial charge in [-0.05, 0) is 36.7 Å². The van der Waals surface area contributed by atoms with Crippen molar-refractivity contribution in [1.29, 1.82) is 0 Å². The zero-order valence-electron chi connectivity index (χ0n) is 10.6. The summed E-state index contributed by atoms with van der Waals surface area (Å²) in [7, 11) is 0. The number of aromatic nitrogens is 2. The van der Waals surface area contributed by atoms with Crippen molar-refractivity contribution in [3.05, 3.63) is 29.7 Å². The number of ether oxygens (including phenoxy) is 1. The average molecular weight is 257 g/mol. The Balaban J connectivity index is 1.65. The molecule has 98 valence electrons. The van der Waals surface area contributed by atoms with Crippen LogP contribution in [0.5, 0.6) is 5.75 Å². The predicted octanol–water partition coefficient (Wildman–Crippen LogP) is 1.75. The van der Waals surface area contributed by atoms with Crippen LogP contribution in [0.3, 0.4) is 0 Å². The first-order valence-electron chi connectivity index (χ1n) is 6.70. The van der Waals surface area contributed by atoms with Gasteiger partial charge in [-0.3, -0.25) is 0 Å². The molecule has 5 nitrogen and oxygen atoms in total. The zero-order valence-corrected chi connectivity index (χ0v) is 10.6. The lowest BCUT2D eigenvalue weighted by Crippen LogP contribution is -2.08. The Morgan fingerprint density at radius 2 is 2.32 bits per heavy atom. The second-order valence-corrected chi connectivity index (χ2v) is 5.07. The lowest BCUT2D eigenvalue weighted by molar-refractivity contribution is 0.356. The van der Waals surface area contributed by atoms with Crippen molar-refractivity contribution in [2.75, 3.05) is 19.7 Å². The van der Waals surface area contributed by atoms with Crippen LogP contribution in [-0.2, 0) is 6.42 Å². The lowest BCUT2D eigenvalue weighted by Gasteiger charge is -2.00. The lowest BCUT2D eigenvalue weighted by atomic mass is 10.1. The van der Waals surface area contributed by atoms with Gasteiger partial charge in [0.25, 0.3) is 0 Å². The SMILES string of the molecule is c1cc2c(cc1-c1noc([C@@H]3CCNC3)n1)CCO2. The van der Waals surface area contributed by atoms with Crippen molar-refractivity contribution in [2.24, 2.45) is 0 Å². The molecule has 0 aliphatic carbocycles. The number of hydrogen-bond acceptors (Lipinski definition) is 5. The molecule has 5 heteroatoms. The summed E-state index contributed by atoms with van der Waals surface area (Å²) >= 11 is 0. The molecule has 4 rings (SSSR count). The maximum atomic E-state index is 5.50. The highest BCUT2D eigenvalue weighted by Crippen LogP contribution is 2.30. The van der Waals surface area contributed by atoms with E-state index < -0.39 is 0 Å². The van der Waals surface area contributed by atoms with E-state index in [0.29, 0.717) is 11.7 Å². The van der Waals surface area contributed by atoms with E-state index in [9.17, 15) is 0 Å². The van der Waals surface area contributed by atoms with Crippen LogP contribution in [-0.4, -0.2) is 29.8 Å². The molecule has 2 aliphatic heterocycles. The van der Waals surface area contributed by atoms with Gasteiger partial charge in [-0.2, -0.15) is 4.98 Å². The third-order valence-corrected chi connectivity index (χ3v) is 3.80. The minimum atomic E-state index is 0.360. The smallest absolute Gasteiger partial charge is 0.231 e. The summed E-state index contributed by atoms with van der Waals surface area (Å²) in [4.78, 5) is 4.53. The van der Waals surface area contributed by atoms with Crippen LogP contribution in [0.25, 0.3) is 11.4 Å². The number of hydrogen-bond donors (Lipinski definition) is 1. The Morgan fingerprint density at radius 3 is 3.21 bits per heavy atom. The van der Waals surface area contributed by atoms with Crippen molar-refractivity contribution in [3.63, 3.8) is 0 Å². The van der Waals surface area contributed by atoms with Crippen molar-refractivity contribution in [3.8, 4) is 17.1 Å². The fourth-order valence-electron chi connectivity index (χ4n) is 2.71. The molecule has 1 aromatic carbocycles. The van der Waals surface area contributed by atoms with Crippen LogP contribution in [0, 0.1) is 0 Å². The maximum absolute atomic E-state index is 5.50. The van der Waals surface area contributed by atoms with Crippen LogP contribution < -0.4 is 10.1 Å². The van der Waals surface area contributed by atoms with Crippen LogP contribution in [0.4, 0.5) is 0 Å². The van der Waals surface area contributed by atoms with Gasteiger partial charge < -0.3 is 14.6 Å². The molecule has 3 heterocycles. The number of rotatable bonds is 2. The van der Waals surface area contributed by atoms with E-state index >= 15 is 0 Å². The largest absolute Gasteiger partial charge is 0.493 e. The van der Waals surface area contributed by atoms with Crippen molar-refractivity contribution >= 4 is 0 Å². The minimum Gasteiger partial charge on any atom is -0.493 e. The van der Waals surface area contributed by atoms with Gasteiger partial charge in [0.05, 0.1) is 12.5 Å². The van der Waals surface area contributed by atoms with Gasteiger partial charge in [0.15, 0.2) is 0 Å². The third-order valence-electron chi connectivity index (χ3n) is 3.80. The fraction of sp³-hybridized carbons (Fsp3) is 0.429. The van der Waals surface area contributed by atoms with Crippen molar-refractivity contribution < 1.29 is 9.26 Å². The summed E-state index contributed by atoms with van der Waals surface area (Å²) < 4.78 is 10.9. The second kappa shape index (κ2) is 4.35. The molecule has 1 atom stereocenters. The maximum Gasteiger partial charge on any atom is 0.231 e. The summed E-state index contributed by atoms with van der Waals surface area (Å²) in [6.07, 6.45) is 2.03. The van der Waals surface area contributed by atoms with Crippen LogP contribution in [0.2, 0.25) is 0 Å². The van der Waals surface area contributed by atoms with Crippen molar-refractivity contribution in [1.82, 2.24) is 15.5 Å². The Morgan fingerprint density at radius 1 is 1.32 bits per heavy atom. The van der Waals surface area contributed by atoms with E-state index in [1.54, 1.807) is 0 Å². The highest BCUT2D eigenvalue weighted by atomic mass is 16.5. The standard InChI is InChI=1S/C14H15N3O2/c1-2-12-9(4-6-18-12)7-10(1)13-16-14(19-17-13)11-3-5-15-8-11/h1-2,7,11,15H,3-6,8H2/t11-/m1/s1. The molecule has 1 aromatic heterocycles. The molecular formula is C14H15N3O2. The topological polar surface area (TPSA) is 60.2 Å². The van der Waals surface area contributed by atoms with E-state index in [2.05, 4.69) is 21.5 Å². The van der Waals surface area contributed by atoms with E-state index in [-0.39, 0.29) is 0 Å². The van der Waals surface area contributed by atoms with Gasteiger partial charge in [-0.1, -0.05) is 5.16 Å². The normalized spacial score (nSPS) is 21.4. The molecule has 2 aliphatic rings. The quantitative estimate of drug-likeness (QED) is 0.888. The molecule has 1 saturated heterocycles. The van der Waals surface area contributed by atoms with Crippen LogP contribution >= 0.6 is 0 Å². The Kier molecular flexibility index (Phi) is 2.51. The molecule has 0 amide bonds. The average Bonchev–Trinajstić information content (AvgIpc) is 3.18. The molecule has 1 fully saturated rings. The van der Waals surface area contributed by atoms with Gasteiger partial charge >= 0.3 is 0 Å². The minimum absolute atomic E-state index is 0.360. The number of fused-ring (bicyclic) bond motifs is 1. The Hall–Kier alpha value is -1.88. The van der Waals surface area contributed by atoms with E-state index in [1.807, 2.05) is 12.1 Å². The molecule has 1 N–H and O–H groups in total. The summed E-state index contributed by atoms with van der Waals surface area (Å²) in [5.74, 6) is 2.76. The molecule has 0 spiro atoms. The summed E-state index contributed by atoms with van der Waals surface area (Å²) in [5, 5.41) is 7.41. The summed E-state index contributed by atoms with van der Waals surface area (Å²) in [6, 6.07) is 6.08. The first-order valence-corrected chi connectivity index (χ1v) is 6.70. The van der Waals surface area contributed by atoms with Gasteiger partial charge in [-0.15, -0.1) is 0 Å². The van der Waals surface area contributed by atoms with Crippen molar-refractivity contribution in [2.45, 2.75) is 18.8 Å². The fourth-order valence-corrected chi connectivity index (χ4v) is 2.71. The third kappa shape index (κ3) is 1.90.